The molecule has 0 fully saturated rings. The van der Waals surface area contributed by atoms with E-state index in [1.54, 1.807) is 28.9 Å². The van der Waals surface area contributed by atoms with E-state index in [1.807, 2.05) is 37.4 Å². The molecule has 0 radical (unpaired) electrons. The van der Waals surface area contributed by atoms with Gasteiger partial charge >= 0.3 is 6.03 Å². The summed E-state index contributed by atoms with van der Waals surface area (Å²) in [6.07, 6.45) is 6.26. The third-order valence-electron chi connectivity index (χ3n) is 4.02. The third kappa shape index (κ3) is 4.63. The van der Waals surface area contributed by atoms with Crippen molar-refractivity contribution in [2.75, 3.05) is 12.4 Å². The van der Waals surface area contributed by atoms with E-state index < -0.39 is 0 Å². The van der Waals surface area contributed by atoms with Gasteiger partial charge in [0.05, 0.1) is 31.2 Å². The Morgan fingerprint density at radius 1 is 1.26 bits per heavy atom. The number of aromatic nitrogens is 5. The van der Waals surface area contributed by atoms with Crippen LogP contribution in [0, 0.1) is 0 Å². The van der Waals surface area contributed by atoms with E-state index in [0.29, 0.717) is 5.82 Å². The Kier molecular flexibility index (Phi) is 5.70. The first-order chi connectivity index (χ1) is 13.1. The molecule has 2 N–H and O–H groups in total. The van der Waals surface area contributed by atoms with Crippen LogP contribution in [0.2, 0.25) is 0 Å². The van der Waals surface area contributed by atoms with Crippen LogP contribution in [0.4, 0.5) is 10.6 Å². The minimum Gasteiger partial charge on any atom is -0.497 e. The summed E-state index contributed by atoms with van der Waals surface area (Å²) >= 11 is 0. The lowest BCUT2D eigenvalue weighted by atomic mass is 10.2. The molecule has 0 bridgehead atoms. The van der Waals surface area contributed by atoms with Crippen LogP contribution in [0.25, 0.3) is 5.69 Å². The quantitative estimate of drug-likeness (QED) is 0.667. The normalized spacial score (nSPS) is 11.8. The fraction of sp³-hybridized carbons (Fsp3) is 0.333. The summed E-state index contributed by atoms with van der Waals surface area (Å²) in [5.41, 5.74) is 1.79. The second-order valence-corrected chi connectivity index (χ2v) is 6.10. The van der Waals surface area contributed by atoms with Gasteiger partial charge in [-0.25, -0.2) is 9.48 Å². The van der Waals surface area contributed by atoms with Crippen molar-refractivity contribution < 1.29 is 9.53 Å². The zero-order chi connectivity index (χ0) is 19.2. The van der Waals surface area contributed by atoms with Crippen LogP contribution in [0.1, 0.15) is 31.9 Å². The molecule has 142 valence electrons. The number of aryl methyl sites for hydroxylation is 1. The molecule has 0 aliphatic heterocycles. The fourth-order valence-corrected chi connectivity index (χ4v) is 2.56. The Hall–Kier alpha value is -3.36. The standard InChI is InChI=1S/C18H23N7O2/c1-4-9-24-12-17(22-23-24)21-18(26)20-13(2)14-10-19-25(11-14)15-5-7-16(27-3)8-6-15/h5-8,10-13H,4,9H2,1-3H3,(H2,20,21,26). The molecule has 1 unspecified atom stereocenters. The predicted molar refractivity (Wildman–Crippen MR) is 101 cm³/mol. The number of ether oxygens (including phenoxy) is 1. The van der Waals surface area contributed by atoms with Crippen molar-refractivity contribution in [3.8, 4) is 11.4 Å². The summed E-state index contributed by atoms with van der Waals surface area (Å²) < 4.78 is 8.60. The van der Waals surface area contributed by atoms with Crippen LogP contribution in [-0.2, 0) is 6.54 Å². The first-order valence-corrected chi connectivity index (χ1v) is 8.75. The first-order valence-electron chi connectivity index (χ1n) is 8.75. The van der Waals surface area contributed by atoms with Crippen molar-refractivity contribution in [2.45, 2.75) is 32.9 Å². The Morgan fingerprint density at radius 3 is 2.74 bits per heavy atom. The van der Waals surface area contributed by atoms with Gasteiger partial charge in [-0.05, 0) is 37.6 Å². The summed E-state index contributed by atoms with van der Waals surface area (Å²) in [7, 11) is 1.63. The maximum atomic E-state index is 12.2. The van der Waals surface area contributed by atoms with E-state index in [1.165, 1.54) is 0 Å². The van der Waals surface area contributed by atoms with Gasteiger partial charge in [0.2, 0.25) is 0 Å². The summed E-state index contributed by atoms with van der Waals surface area (Å²) in [5.74, 6) is 1.20. The third-order valence-corrected chi connectivity index (χ3v) is 4.02. The number of amides is 2. The average molecular weight is 369 g/mol. The molecule has 0 spiro atoms. The van der Waals surface area contributed by atoms with E-state index in [2.05, 4.69) is 33.0 Å². The van der Waals surface area contributed by atoms with Gasteiger partial charge < -0.3 is 10.1 Å². The van der Waals surface area contributed by atoms with Gasteiger partial charge in [0, 0.05) is 18.3 Å². The van der Waals surface area contributed by atoms with E-state index >= 15 is 0 Å². The molecule has 0 saturated carbocycles. The minimum atomic E-state index is -0.344. The Bertz CT molecular complexity index is 885. The summed E-state index contributed by atoms with van der Waals surface area (Å²) in [4.78, 5) is 12.2. The van der Waals surface area contributed by atoms with E-state index in [-0.39, 0.29) is 12.1 Å². The molecule has 2 aromatic heterocycles. The fourth-order valence-electron chi connectivity index (χ4n) is 2.56. The number of nitrogens with one attached hydrogen (secondary N) is 2. The average Bonchev–Trinajstić information content (AvgIpc) is 3.32. The Morgan fingerprint density at radius 2 is 2.04 bits per heavy atom. The molecule has 0 aliphatic rings. The molecule has 27 heavy (non-hydrogen) atoms. The predicted octanol–water partition coefficient (Wildman–Crippen LogP) is 2.77. The number of benzene rings is 1. The maximum Gasteiger partial charge on any atom is 0.320 e. The van der Waals surface area contributed by atoms with Gasteiger partial charge in [0.25, 0.3) is 0 Å². The van der Waals surface area contributed by atoms with Crippen LogP contribution in [0.3, 0.4) is 0 Å². The molecule has 0 saturated heterocycles. The molecule has 0 aliphatic carbocycles. The van der Waals surface area contributed by atoms with Gasteiger partial charge in [-0.2, -0.15) is 5.10 Å². The SMILES string of the molecule is CCCn1cc(NC(=O)NC(C)c2cnn(-c3ccc(OC)cc3)c2)nn1. The van der Waals surface area contributed by atoms with Crippen molar-refractivity contribution in [2.24, 2.45) is 0 Å². The highest BCUT2D eigenvalue weighted by Crippen LogP contribution is 2.17. The lowest BCUT2D eigenvalue weighted by Gasteiger charge is -2.12. The highest BCUT2D eigenvalue weighted by Gasteiger charge is 2.13. The second-order valence-electron chi connectivity index (χ2n) is 6.10. The van der Waals surface area contributed by atoms with E-state index in [9.17, 15) is 4.79 Å². The number of carbonyl (C=O) groups excluding carboxylic acids is 1. The number of rotatable bonds is 7. The molecule has 3 aromatic rings. The maximum absolute atomic E-state index is 12.2. The van der Waals surface area contributed by atoms with Crippen LogP contribution < -0.4 is 15.4 Å². The van der Waals surface area contributed by atoms with Crippen LogP contribution >= 0.6 is 0 Å². The molecular formula is C18H23N7O2. The van der Waals surface area contributed by atoms with Crippen molar-refractivity contribution in [1.82, 2.24) is 30.1 Å². The molecule has 1 atom stereocenters. The van der Waals surface area contributed by atoms with Gasteiger partial charge in [-0.15, -0.1) is 5.10 Å². The highest BCUT2D eigenvalue weighted by molar-refractivity contribution is 5.88. The molecule has 2 heterocycles. The van der Waals surface area contributed by atoms with Crippen molar-refractivity contribution >= 4 is 11.8 Å². The number of nitrogens with zero attached hydrogens (tertiary/aromatic N) is 5. The van der Waals surface area contributed by atoms with E-state index in [0.717, 1.165) is 30.0 Å². The monoisotopic (exact) mass is 369 g/mol. The number of carbonyl (C=O) groups is 1. The van der Waals surface area contributed by atoms with Crippen molar-refractivity contribution in [1.29, 1.82) is 0 Å². The smallest absolute Gasteiger partial charge is 0.320 e. The summed E-state index contributed by atoms with van der Waals surface area (Å²) in [6.45, 7) is 4.70. The molecule has 1 aromatic carbocycles. The van der Waals surface area contributed by atoms with Gasteiger partial charge in [-0.3, -0.25) is 10.00 Å². The lowest BCUT2D eigenvalue weighted by Crippen LogP contribution is -2.31. The highest BCUT2D eigenvalue weighted by atomic mass is 16.5. The summed E-state index contributed by atoms with van der Waals surface area (Å²) in [6, 6.07) is 7.01. The first kappa shape index (κ1) is 18.4. The van der Waals surface area contributed by atoms with Gasteiger partial charge in [0.1, 0.15) is 5.75 Å². The van der Waals surface area contributed by atoms with Crippen LogP contribution in [-0.4, -0.2) is 37.9 Å². The van der Waals surface area contributed by atoms with Crippen molar-refractivity contribution in [3.63, 3.8) is 0 Å². The largest absolute Gasteiger partial charge is 0.497 e. The molecule has 9 heteroatoms. The number of methoxy groups -OCH3 is 1. The van der Waals surface area contributed by atoms with Crippen molar-refractivity contribution in [3.05, 3.63) is 48.4 Å². The minimum absolute atomic E-state index is 0.220. The molecule has 9 nitrogen and oxygen atoms in total. The van der Waals surface area contributed by atoms with Gasteiger partial charge in [-0.1, -0.05) is 12.1 Å². The zero-order valence-corrected chi connectivity index (χ0v) is 15.6. The Balaban J connectivity index is 1.59. The van der Waals surface area contributed by atoms with Gasteiger partial charge in [0.15, 0.2) is 5.82 Å². The number of hydrogen-bond donors (Lipinski definition) is 2. The number of hydrogen-bond acceptors (Lipinski definition) is 5. The lowest BCUT2D eigenvalue weighted by molar-refractivity contribution is 0.249. The topological polar surface area (TPSA) is 98.9 Å². The number of urea groups is 1. The molecular weight excluding hydrogens is 346 g/mol. The zero-order valence-electron chi connectivity index (χ0n) is 15.6. The molecule has 2 amide bonds. The number of anilines is 1. The molecule has 3 rings (SSSR count). The Labute approximate surface area is 157 Å². The van der Waals surface area contributed by atoms with Crippen LogP contribution in [0.15, 0.2) is 42.9 Å². The van der Waals surface area contributed by atoms with Crippen LogP contribution in [0.5, 0.6) is 5.75 Å². The second kappa shape index (κ2) is 8.35. The summed E-state index contributed by atoms with van der Waals surface area (Å²) in [5, 5.41) is 17.8. The van der Waals surface area contributed by atoms with E-state index in [4.69, 9.17) is 4.74 Å².